The van der Waals surface area contributed by atoms with E-state index in [1.807, 2.05) is 30.3 Å². The lowest BCUT2D eigenvalue weighted by Gasteiger charge is -2.27. The van der Waals surface area contributed by atoms with Crippen LogP contribution in [0.15, 0.2) is 72.1 Å². The minimum Gasteiger partial charge on any atom is -0.334 e. The molecule has 0 radical (unpaired) electrons. The molecular formula is C25H30ClN3O4. The number of nitrogens with zero attached hydrogens (tertiary/aromatic N) is 2. The third kappa shape index (κ3) is 8.09. The van der Waals surface area contributed by atoms with E-state index >= 15 is 0 Å². The highest BCUT2D eigenvalue weighted by atomic mass is 35.5. The van der Waals surface area contributed by atoms with Crippen LogP contribution in [0.3, 0.4) is 0 Å². The summed E-state index contributed by atoms with van der Waals surface area (Å²) in [5.74, 6) is 0.440. The molecule has 0 aliphatic heterocycles. The van der Waals surface area contributed by atoms with Crippen molar-refractivity contribution in [2.24, 2.45) is 11.2 Å². The molecule has 2 aliphatic carbocycles. The highest BCUT2D eigenvalue weighted by molar-refractivity contribution is 6.18. The fraction of sp³-hybridized carbons (Fsp3) is 0.400. The van der Waals surface area contributed by atoms with Gasteiger partial charge < -0.3 is 5.32 Å². The van der Waals surface area contributed by atoms with Crippen LogP contribution in [0.4, 0.5) is 4.79 Å². The number of nitrogens with one attached hydrogen (secondary N) is 1. The third-order valence-electron chi connectivity index (χ3n) is 5.68. The molecule has 0 heterocycles. The Kier molecular flexibility index (Phi) is 10.7. The van der Waals surface area contributed by atoms with E-state index in [0.29, 0.717) is 5.57 Å². The summed E-state index contributed by atoms with van der Waals surface area (Å²) in [6, 6.07) is 9.28. The molecule has 1 saturated carbocycles. The molecule has 2 amide bonds. The molecule has 8 heteroatoms. The van der Waals surface area contributed by atoms with Gasteiger partial charge in [-0.25, -0.2) is 4.79 Å². The van der Waals surface area contributed by atoms with E-state index < -0.39 is 6.03 Å². The van der Waals surface area contributed by atoms with Crippen molar-refractivity contribution in [2.75, 3.05) is 12.4 Å². The Morgan fingerprint density at radius 1 is 1.21 bits per heavy atom. The first kappa shape index (κ1) is 26.2. The summed E-state index contributed by atoms with van der Waals surface area (Å²) in [6.07, 6.45) is 9.87. The maximum absolute atomic E-state index is 11.8. The summed E-state index contributed by atoms with van der Waals surface area (Å²) in [6.45, 7) is 6.11. The first-order valence-corrected chi connectivity index (χ1v) is 11.6. The first-order valence-electron chi connectivity index (χ1n) is 11.0. The molecule has 1 aromatic rings. The molecule has 0 spiro atoms. The molecule has 0 bridgehead atoms. The second kappa shape index (κ2) is 13.5. The van der Waals surface area contributed by atoms with E-state index in [1.165, 1.54) is 18.2 Å². The van der Waals surface area contributed by atoms with Gasteiger partial charge in [-0.05, 0) is 55.4 Å². The lowest BCUT2D eigenvalue weighted by Crippen LogP contribution is -2.44. The van der Waals surface area contributed by atoms with Gasteiger partial charge in [-0.1, -0.05) is 43.3 Å². The van der Waals surface area contributed by atoms with Crippen LogP contribution in [0.2, 0.25) is 0 Å². The summed E-state index contributed by atoms with van der Waals surface area (Å²) in [4.78, 5) is 45.0. The van der Waals surface area contributed by atoms with Crippen LogP contribution >= 0.6 is 11.6 Å². The van der Waals surface area contributed by atoms with Crippen molar-refractivity contribution in [2.45, 2.75) is 44.6 Å². The monoisotopic (exact) mass is 471 g/mol. The molecule has 0 saturated heterocycles. The van der Waals surface area contributed by atoms with Crippen molar-refractivity contribution in [1.82, 2.24) is 10.3 Å². The topological polar surface area (TPSA) is 95.9 Å². The van der Waals surface area contributed by atoms with E-state index in [2.05, 4.69) is 24.1 Å². The number of allylic oxidation sites excluding steroid dienone is 5. The number of nitroso groups, excluding NO2 is 1. The van der Waals surface area contributed by atoms with Crippen molar-refractivity contribution in [3.05, 3.63) is 77.3 Å². The lowest BCUT2D eigenvalue weighted by molar-refractivity contribution is -0.114. The van der Waals surface area contributed by atoms with Gasteiger partial charge in [0.25, 0.3) is 0 Å². The highest BCUT2D eigenvalue weighted by Crippen LogP contribution is 2.28. The summed E-state index contributed by atoms with van der Waals surface area (Å²) in [5, 5.41) is 6.29. The fourth-order valence-corrected chi connectivity index (χ4v) is 3.95. The molecule has 33 heavy (non-hydrogen) atoms. The van der Waals surface area contributed by atoms with Crippen molar-refractivity contribution in [3.8, 4) is 0 Å². The fourth-order valence-electron chi connectivity index (χ4n) is 3.79. The number of alkyl halides is 1. The smallest absolute Gasteiger partial charge is 0.334 e. The van der Waals surface area contributed by atoms with Crippen molar-refractivity contribution < 1.29 is 14.4 Å². The number of urea groups is 1. The summed E-state index contributed by atoms with van der Waals surface area (Å²) >= 11 is 5.46. The largest absolute Gasteiger partial charge is 0.340 e. The van der Waals surface area contributed by atoms with E-state index in [9.17, 15) is 19.3 Å². The Labute approximate surface area is 199 Å². The SMILES string of the molecule is C=CC(C1=CC(=O)C=CC1=O)c1ccccc1.CC1CCC(NC(=O)N(CCCl)N=O)CC1. The molecule has 2 aliphatic rings. The average Bonchev–Trinajstić information content (AvgIpc) is 2.82. The van der Waals surface area contributed by atoms with Gasteiger partial charge in [0.1, 0.15) is 0 Å². The Hall–Kier alpha value is -3.06. The van der Waals surface area contributed by atoms with Gasteiger partial charge in [-0.3, -0.25) is 9.59 Å². The van der Waals surface area contributed by atoms with Crippen molar-refractivity contribution in [1.29, 1.82) is 0 Å². The highest BCUT2D eigenvalue weighted by Gasteiger charge is 2.23. The number of halogens is 1. The zero-order chi connectivity index (χ0) is 24.2. The van der Waals surface area contributed by atoms with Crippen molar-refractivity contribution >= 4 is 29.2 Å². The number of benzene rings is 1. The normalized spacial score (nSPS) is 20.6. The molecular weight excluding hydrogens is 442 g/mol. The van der Waals surface area contributed by atoms with Gasteiger partial charge in [0, 0.05) is 23.4 Å². The molecule has 1 fully saturated rings. The standard InChI is InChI=1S/C15H12O2.C10H18ClN3O2/c1-2-13(11-6-4-3-5-7-11)14-10-12(16)8-9-15(14)17;1-8-2-4-9(5-3-8)12-10(15)14(13-16)7-6-11/h2-10,13H,1H2;8-9H,2-7H2,1H3,(H,12,15). The van der Waals surface area contributed by atoms with Crippen LogP contribution in [0.5, 0.6) is 0 Å². The van der Waals surface area contributed by atoms with Crippen molar-refractivity contribution in [3.63, 3.8) is 0 Å². The molecule has 1 unspecified atom stereocenters. The van der Waals surface area contributed by atoms with E-state index in [-0.39, 0.29) is 36.0 Å². The predicted molar refractivity (Wildman–Crippen MR) is 130 cm³/mol. The summed E-state index contributed by atoms with van der Waals surface area (Å²) in [5.41, 5.74) is 1.45. The summed E-state index contributed by atoms with van der Waals surface area (Å²) < 4.78 is 0. The Bertz CT molecular complexity index is 905. The third-order valence-corrected chi connectivity index (χ3v) is 5.85. The second-order valence-corrected chi connectivity index (χ2v) is 8.50. The van der Waals surface area contributed by atoms with Gasteiger partial charge >= 0.3 is 6.03 Å². The molecule has 1 aromatic carbocycles. The molecule has 7 nitrogen and oxygen atoms in total. The van der Waals surface area contributed by atoms with E-state index in [0.717, 1.165) is 42.2 Å². The van der Waals surface area contributed by atoms with E-state index in [4.69, 9.17) is 11.6 Å². The number of carbonyl (C=O) groups is 3. The molecule has 3 rings (SSSR count). The first-order chi connectivity index (χ1) is 15.9. The van der Waals surface area contributed by atoms with Crippen LogP contribution in [0, 0.1) is 10.8 Å². The number of hydrogen-bond donors (Lipinski definition) is 1. The minimum absolute atomic E-state index is 0.127. The Morgan fingerprint density at radius 3 is 2.45 bits per heavy atom. The van der Waals surface area contributed by atoms with Gasteiger partial charge in [-0.15, -0.1) is 23.1 Å². The number of carbonyl (C=O) groups excluding carboxylic acids is 3. The average molecular weight is 472 g/mol. The number of amides is 2. The zero-order valence-corrected chi connectivity index (χ0v) is 19.5. The Balaban J connectivity index is 0.000000234. The number of hydrogen-bond acceptors (Lipinski definition) is 5. The van der Waals surface area contributed by atoms with Crippen LogP contribution in [-0.4, -0.2) is 41.1 Å². The summed E-state index contributed by atoms with van der Waals surface area (Å²) in [7, 11) is 0. The van der Waals surface area contributed by atoms with Crippen LogP contribution in [0.1, 0.15) is 44.1 Å². The maximum atomic E-state index is 11.8. The maximum Gasteiger partial charge on any atom is 0.340 e. The van der Waals surface area contributed by atoms with Crippen LogP contribution in [-0.2, 0) is 9.59 Å². The van der Waals surface area contributed by atoms with Gasteiger partial charge in [-0.2, -0.15) is 5.01 Å². The number of ketones is 2. The Morgan fingerprint density at radius 2 is 1.88 bits per heavy atom. The van der Waals surface area contributed by atoms with Crippen LogP contribution in [0.25, 0.3) is 0 Å². The zero-order valence-electron chi connectivity index (χ0n) is 18.8. The molecule has 1 atom stereocenters. The molecule has 0 aromatic heterocycles. The second-order valence-electron chi connectivity index (χ2n) is 8.12. The number of rotatable bonds is 7. The van der Waals surface area contributed by atoms with Gasteiger partial charge in [0.05, 0.1) is 11.8 Å². The van der Waals surface area contributed by atoms with Crippen LogP contribution < -0.4 is 5.32 Å². The quantitative estimate of drug-likeness (QED) is 0.197. The minimum atomic E-state index is -0.435. The van der Waals surface area contributed by atoms with Gasteiger partial charge in [0.15, 0.2) is 11.6 Å². The lowest BCUT2D eigenvalue weighted by atomic mass is 9.86. The molecule has 176 valence electrons. The van der Waals surface area contributed by atoms with Gasteiger partial charge in [0.2, 0.25) is 0 Å². The van der Waals surface area contributed by atoms with E-state index in [1.54, 1.807) is 6.08 Å². The predicted octanol–water partition coefficient (Wildman–Crippen LogP) is 5.09. The molecule has 1 N–H and O–H groups in total.